The average molecular weight is 629 g/mol. The van der Waals surface area contributed by atoms with Crippen LogP contribution in [0.15, 0.2) is 104 Å². The van der Waals surface area contributed by atoms with Crippen LogP contribution in [-0.2, 0) is 29.0 Å². The summed E-state index contributed by atoms with van der Waals surface area (Å²) in [5.41, 5.74) is -3.68. The van der Waals surface area contributed by atoms with Crippen molar-refractivity contribution in [2.75, 3.05) is 20.8 Å². The Balaban J connectivity index is 1.96. The van der Waals surface area contributed by atoms with E-state index in [1.807, 2.05) is 36.4 Å². The zero-order chi connectivity index (χ0) is 32.6. The van der Waals surface area contributed by atoms with Crippen molar-refractivity contribution in [3.63, 3.8) is 0 Å². The number of carbonyl (C=O) groups excluding carboxylic acids is 1. The van der Waals surface area contributed by atoms with Crippen LogP contribution in [0.3, 0.4) is 0 Å². The van der Waals surface area contributed by atoms with Crippen molar-refractivity contribution in [1.29, 1.82) is 0 Å². The van der Waals surface area contributed by atoms with E-state index in [1.54, 1.807) is 13.0 Å². The number of hydrogen-bond acceptors (Lipinski definition) is 5. The molecule has 9 heteroatoms. The molecule has 238 valence electrons. The molecule has 0 saturated heterocycles. The standard InChI is InChI=1S/C35H43F3O5Si/c1-8-26(2)31(43-32(39)34(41-7,35(36,37)38)27-18-12-9-13-19-27)24-28(40-6)25-42-44(33(3,4)5,29-20-14-10-15-21-29)30-22-16-11-17-23-30/h8-23,26,28,31H,1,24-25H2,2-7H3/t26-,28-,31+,34+/m0/s1. The number of hydrogen-bond donors (Lipinski definition) is 0. The van der Waals surface area contributed by atoms with Crippen LogP contribution in [-0.4, -0.2) is 53.5 Å². The Bertz CT molecular complexity index is 1290. The van der Waals surface area contributed by atoms with E-state index >= 15 is 0 Å². The first-order chi connectivity index (χ1) is 20.8. The molecule has 0 aliphatic heterocycles. The van der Waals surface area contributed by atoms with E-state index in [9.17, 15) is 18.0 Å². The first kappa shape index (κ1) is 35.2. The highest BCUT2D eigenvalue weighted by atomic mass is 28.4. The highest BCUT2D eigenvalue weighted by Crippen LogP contribution is 2.44. The Morgan fingerprint density at radius 2 is 1.34 bits per heavy atom. The summed E-state index contributed by atoms with van der Waals surface area (Å²) in [4.78, 5) is 13.5. The lowest BCUT2D eigenvalue weighted by atomic mass is 9.92. The smallest absolute Gasteiger partial charge is 0.432 e. The SMILES string of the molecule is C=C[C@H](C)[C@@H](C[C@@H](CO[Si](c1ccccc1)(c1ccccc1)C(C)(C)C)OC)OC(=O)[C@](OC)(c1ccccc1)C(F)(F)F. The monoisotopic (exact) mass is 628 g/mol. The second kappa shape index (κ2) is 14.7. The van der Waals surface area contributed by atoms with Crippen molar-refractivity contribution < 1.29 is 36.6 Å². The van der Waals surface area contributed by atoms with E-state index in [4.69, 9.17) is 18.6 Å². The minimum atomic E-state index is -5.09. The predicted octanol–water partition coefficient (Wildman–Crippen LogP) is 6.81. The third kappa shape index (κ3) is 7.17. The number of halogens is 3. The number of methoxy groups -OCH3 is 2. The van der Waals surface area contributed by atoms with Crippen molar-refractivity contribution in [2.24, 2.45) is 5.92 Å². The molecule has 0 amide bonds. The van der Waals surface area contributed by atoms with Gasteiger partial charge in [-0.2, -0.15) is 13.2 Å². The van der Waals surface area contributed by atoms with Crippen LogP contribution in [0, 0.1) is 5.92 Å². The van der Waals surface area contributed by atoms with Gasteiger partial charge in [0.15, 0.2) is 0 Å². The lowest BCUT2D eigenvalue weighted by Gasteiger charge is -2.43. The minimum Gasteiger partial charge on any atom is -0.459 e. The van der Waals surface area contributed by atoms with Gasteiger partial charge in [0, 0.05) is 32.1 Å². The molecule has 4 atom stereocenters. The van der Waals surface area contributed by atoms with Crippen LogP contribution in [0.4, 0.5) is 13.2 Å². The molecule has 5 nitrogen and oxygen atoms in total. The van der Waals surface area contributed by atoms with Gasteiger partial charge in [0.1, 0.15) is 6.10 Å². The van der Waals surface area contributed by atoms with Crippen LogP contribution < -0.4 is 10.4 Å². The molecule has 0 aliphatic rings. The molecule has 3 aromatic rings. The number of benzene rings is 3. The molecule has 3 aromatic carbocycles. The van der Waals surface area contributed by atoms with E-state index in [-0.39, 0.29) is 23.6 Å². The molecular formula is C35H43F3O5Si. The molecule has 0 aliphatic carbocycles. The first-order valence-corrected chi connectivity index (χ1v) is 16.5. The van der Waals surface area contributed by atoms with Crippen LogP contribution >= 0.6 is 0 Å². The van der Waals surface area contributed by atoms with Crippen LogP contribution in [0.1, 0.15) is 39.7 Å². The zero-order valence-electron chi connectivity index (χ0n) is 26.3. The maximum Gasteiger partial charge on any atom is 0.432 e. The summed E-state index contributed by atoms with van der Waals surface area (Å²) in [7, 11) is -0.568. The molecule has 44 heavy (non-hydrogen) atoms. The molecule has 0 heterocycles. The van der Waals surface area contributed by atoms with E-state index < -0.39 is 44.2 Å². The summed E-state index contributed by atoms with van der Waals surface area (Å²) < 4.78 is 67.1. The van der Waals surface area contributed by atoms with Crippen LogP contribution in [0.2, 0.25) is 5.04 Å². The van der Waals surface area contributed by atoms with Gasteiger partial charge >= 0.3 is 12.1 Å². The lowest BCUT2D eigenvalue weighted by Crippen LogP contribution is -2.67. The number of alkyl halides is 3. The Morgan fingerprint density at radius 1 is 0.864 bits per heavy atom. The summed E-state index contributed by atoms with van der Waals surface area (Å²) in [6.07, 6.45) is -5.10. The molecule has 0 saturated carbocycles. The third-order valence-corrected chi connectivity index (χ3v) is 13.1. The maximum absolute atomic E-state index is 14.6. The van der Waals surface area contributed by atoms with Crippen LogP contribution in [0.25, 0.3) is 0 Å². The zero-order valence-corrected chi connectivity index (χ0v) is 27.3. The normalized spacial score (nSPS) is 15.9. The van der Waals surface area contributed by atoms with Gasteiger partial charge in [-0.15, -0.1) is 6.58 Å². The van der Waals surface area contributed by atoms with Gasteiger partial charge in [0.2, 0.25) is 0 Å². The van der Waals surface area contributed by atoms with Crippen molar-refractivity contribution in [1.82, 2.24) is 0 Å². The van der Waals surface area contributed by atoms with E-state index in [1.165, 1.54) is 37.5 Å². The summed E-state index contributed by atoms with van der Waals surface area (Å²) in [5.74, 6) is -2.05. The topological polar surface area (TPSA) is 54.0 Å². The van der Waals surface area contributed by atoms with Crippen molar-refractivity contribution in [2.45, 2.75) is 63.1 Å². The first-order valence-electron chi connectivity index (χ1n) is 14.6. The molecule has 0 N–H and O–H groups in total. The molecule has 3 rings (SSSR count). The molecule has 0 radical (unpaired) electrons. The van der Waals surface area contributed by atoms with E-state index in [0.29, 0.717) is 0 Å². The van der Waals surface area contributed by atoms with Gasteiger partial charge in [0.05, 0.1) is 12.7 Å². The van der Waals surface area contributed by atoms with Gasteiger partial charge in [-0.3, -0.25) is 0 Å². The Hall–Kier alpha value is -3.24. The number of ether oxygens (including phenoxy) is 3. The fraction of sp³-hybridized carbons (Fsp3) is 0.400. The highest BCUT2D eigenvalue weighted by molar-refractivity contribution is 6.99. The molecule has 0 aromatic heterocycles. The van der Waals surface area contributed by atoms with Crippen LogP contribution in [0.5, 0.6) is 0 Å². The molecule has 0 fully saturated rings. The number of rotatable bonds is 14. The third-order valence-electron chi connectivity index (χ3n) is 8.12. The quantitative estimate of drug-likeness (QED) is 0.112. The summed E-state index contributed by atoms with van der Waals surface area (Å²) in [6, 6.07) is 26.9. The van der Waals surface area contributed by atoms with Gasteiger partial charge in [0.25, 0.3) is 13.9 Å². The summed E-state index contributed by atoms with van der Waals surface area (Å²) in [5, 5.41) is 1.86. The fourth-order valence-corrected chi connectivity index (χ4v) is 10.2. The molecular weight excluding hydrogens is 585 g/mol. The molecule has 0 bridgehead atoms. The van der Waals surface area contributed by atoms with Gasteiger partial charge in [-0.05, 0) is 15.4 Å². The predicted molar refractivity (Wildman–Crippen MR) is 169 cm³/mol. The fourth-order valence-electron chi connectivity index (χ4n) is 5.60. The number of esters is 1. The van der Waals surface area contributed by atoms with Gasteiger partial charge < -0.3 is 18.6 Å². The van der Waals surface area contributed by atoms with Crippen molar-refractivity contribution in [3.8, 4) is 0 Å². The largest absolute Gasteiger partial charge is 0.459 e. The maximum atomic E-state index is 14.6. The Morgan fingerprint density at radius 3 is 1.73 bits per heavy atom. The van der Waals surface area contributed by atoms with Crippen molar-refractivity contribution in [3.05, 3.63) is 109 Å². The van der Waals surface area contributed by atoms with Gasteiger partial charge in [-0.25, -0.2) is 4.79 Å². The summed E-state index contributed by atoms with van der Waals surface area (Å²) >= 11 is 0. The second-order valence-electron chi connectivity index (χ2n) is 11.9. The number of carbonyl (C=O) groups is 1. The highest BCUT2D eigenvalue weighted by Gasteiger charge is 2.64. The van der Waals surface area contributed by atoms with Crippen molar-refractivity contribution >= 4 is 24.7 Å². The second-order valence-corrected chi connectivity index (χ2v) is 16.2. The Kier molecular flexibility index (Phi) is 11.8. The van der Waals surface area contributed by atoms with E-state index in [2.05, 4.69) is 51.6 Å². The molecule has 0 spiro atoms. The van der Waals surface area contributed by atoms with E-state index in [0.717, 1.165) is 17.5 Å². The minimum absolute atomic E-state index is 0.0695. The lowest BCUT2D eigenvalue weighted by molar-refractivity contribution is -0.279. The summed E-state index contributed by atoms with van der Waals surface area (Å²) in [6.45, 7) is 12.1. The van der Waals surface area contributed by atoms with Gasteiger partial charge in [-0.1, -0.05) is 125 Å². The molecule has 0 unspecified atom stereocenters. The average Bonchev–Trinajstić information content (AvgIpc) is 3.00. The Labute approximate surface area is 260 Å².